The lowest BCUT2D eigenvalue weighted by Gasteiger charge is -2.26. The first kappa shape index (κ1) is 7.96. The maximum atomic E-state index is 12.9. The van der Waals surface area contributed by atoms with E-state index in [9.17, 15) is 8.78 Å². The lowest BCUT2D eigenvalue weighted by Crippen LogP contribution is -2.26. The summed E-state index contributed by atoms with van der Waals surface area (Å²) in [7, 11) is 0. The van der Waals surface area contributed by atoms with Gasteiger partial charge in [-0.15, -0.1) is 0 Å². The molecule has 0 nitrogen and oxygen atoms in total. The molecule has 0 bridgehead atoms. The first-order valence-corrected chi connectivity index (χ1v) is 4.02. The Morgan fingerprint density at radius 1 is 1.30 bits per heavy atom. The van der Waals surface area contributed by atoms with Gasteiger partial charge in [-0.05, 0) is 25.2 Å². The fourth-order valence-electron chi connectivity index (χ4n) is 1.59. The van der Waals surface area contributed by atoms with Crippen molar-refractivity contribution >= 4 is 0 Å². The van der Waals surface area contributed by atoms with Crippen LogP contribution >= 0.6 is 0 Å². The molecule has 0 heterocycles. The average molecular weight is 148 g/mol. The Hall–Kier alpha value is -0.140. The first-order valence-electron chi connectivity index (χ1n) is 4.02. The van der Waals surface area contributed by atoms with Crippen molar-refractivity contribution < 1.29 is 8.78 Å². The van der Waals surface area contributed by atoms with Crippen molar-refractivity contribution in [3.8, 4) is 0 Å². The van der Waals surface area contributed by atoms with Gasteiger partial charge in [0.2, 0.25) is 0 Å². The molecule has 0 spiro atoms. The first-order chi connectivity index (χ1) is 4.74. The van der Waals surface area contributed by atoms with E-state index < -0.39 is 12.3 Å². The zero-order valence-corrected chi connectivity index (χ0v) is 6.32. The van der Waals surface area contributed by atoms with E-state index in [-0.39, 0.29) is 5.92 Å². The number of hydrogen-bond donors (Lipinski definition) is 0. The van der Waals surface area contributed by atoms with Gasteiger partial charge in [0.05, 0.1) is 0 Å². The molecule has 0 aromatic carbocycles. The van der Waals surface area contributed by atoms with Crippen molar-refractivity contribution in [3.05, 3.63) is 0 Å². The quantitative estimate of drug-likeness (QED) is 0.536. The highest BCUT2D eigenvalue weighted by Gasteiger charge is 2.28. The van der Waals surface area contributed by atoms with E-state index in [0.29, 0.717) is 19.3 Å². The van der Waals surface area contributed by atoms with Crippen LogP contribution in [0.4, 0.5) is 8.78 Å². The summed E-state index contributed by atoms with van der Waals surface area (Å²) in [6, 6.07) is 0. The third-order valence-electron chi connectivity index (χ3n) is 2.35. The molecule has 0 aromatic rings. The second kappa shape index (κ2) is 3.31. The maximum Gasteiger partial charge on any atom is 0.103 e. The van der Waals surface area contributed by atoms with Gasteiger partial charge in [-0.1, -0.05) is 13.3 Å². The summed E-state index contributed by atoms with van der Waals surface area (Å²) in [6.45, 7) is 1.93. The average Bonchev–Trinajstić information content (AvgIpc) is 1.94. The molecule has 0 radical (unpaired) electrons. The van der Waals surface area contributed by atoms with Gasteiger partial charge in [0, 0.05) is 0 Å². The second-order valence-corrected chi connectivity index (χ2v) is 3.09. The van der Waals surface area contributed by atoms with E-state index in [1.807, 2.05) is 6.92 Å². The van der Waals surface area contributed by atoms with Crippen LogP contribution in [0, 0.1) is 5.92 Å². The minimum Gasteiger partial charge on any atom is -0.247 e. The van der Waals surface area contributed by atoms with Crippen LogP contribution in [0.1, 0.15) is 32.6 Å². The van der Waals surface area contributed by atoms with Crippen molar-refractivity contribution in [3.63, 3.8) is 0 Å². The maximum absolute atomic E-state index is 12.9. The standard InChI is InChI=1S/C8H14F2/c1-2-6-5-7(9)3-4-8(6)10/h6-8H,2-5H2,1H3. The van der Waals surface area contributed by atoms with Crippen LogP contribution in [-0.4, -0.2) is 12.3 Å². The molecular weight excluding hydrogens is 134 g/mol. The minimum absolute atomic E-state index is 0.0104. The minimum atomic E-state index is -0.739. The molecule has 3 atom stereocenters. The van der Waals surface area contributed by atoms with Gasteiger partial charge in [0.25, 0.3) is 0 Å². The topological polar surface area (TPSA) is 0 Å². The lowest BCUT2D eigenvalue weighted by molar-refractivity contribution is 0.102. The lowest BCUT2D eigenvalue weighted by atomic mass is 9.85. The van der Waals surface area contributed by atoms with Crippen LogP contribution in [0.5, 0.6) is 0 Å². The third kappa shape index (κ3) is 1.68. The SMILES string of the molecule is CCC1CC(F)CCC1F. The van der Waals surface area contributed by atoms with Crippen LogP contribution in [-0.2, 0) is 0 Å². The van der Waals surface area contributed by atoms with Gasteiger partial charge in [-0.25, -0.2) is 8.78 Å². The summed E-state index contributed by atoms with van der Waals surface area (Å²) in [5.74, 6) is -0.0104. The van der Waals surface area contributed by atoms with Crippen LogP contribution in [0.3, 0.4) is 0 Å². The van der Waals surface area contributed by atoms with Gasteiger partial charge < -0.3 is 0 Å². The third-order valence-corrected chi connectivity index (χ3v) is 2.35. The van der Waals surface area contributed by atoms with Gasteiger partial charge in [-0.2, -0.15) is 0 Å². The number of rotatable bonds is 1. The molecule has 0 N–H and O–H groups in total. The Labute approximate surface area is 60.6 Å². The second-order valence-electron chi connectivity index (χ2n) is 3.09. The fraction of sp³-hybridized carbons (Fsp3) is 1.00. The summed E-state index contributed by atoms with van der Waals surface area (Å²) >= 11 is 0. The van der Waals surface area contributed by atoms with Crippen molar-refractivity contribution in [2.75, 3.05) is 0 Å². The monoisotopic (exact) mass is 148 g/mol. The highest BCUT2D eigenvalue weighted by Crippen LogP contribution is 2.30. The van der Waals surface area contributed by atoms with Crippen LogP contribution in [0.15, 0.2) is 0 Å². The molecule has 60 valence electrons. The number of halogens is 2. The van der Waals surface area contributed by atoms with Crippen molar-refractivity contribution in [1.82, 2.24) is 0 Å². The summed E-state index contributed by atoms with van der Waals surface area (Å²) < 4.78 is 25.5. The molecule has 1 fully saturated rings. The molecule has 0 aromatic heterocycles. The Bertz CT molecular complexity index is 103. The fourth-order valence-corrected chi connectivity index (χ4v) is 1.59. The zero-order chi connectivity index (χ0) is 7.56. The molecule has 1 aliphatic carbocycles. The van der Waals surface area contributed by atoms with Gasteiger partial charge in [0.1, 0.15) is 12.3 Å². The molecule has 10 heavy (non-hydrogen) atoms. The summed E-state index contributed by atoms with van der Waals surface area (Å²) in [6.07, 6.45) is 0.602. The normalized spacial score (nSPS) is 41.7. The van der Waals surface area contributed by atoms with Crippen LogP contribution in [0.2, 0.25) is 0 Å². The van der Waals surface area contributed by atoms with Gasteiger partial charge in [0.15, 0.2) is 0 Å². The van der Waals surface area contributed by atoms with E-state index in [1.165, 1.54) is 0 Å². The number of alkyl halides is 2. The van der Waals surface area contributed by atoms with Crippen LogP contribution < -0.4 is 0 Å². The van der Waals surface area contributed by atoms with Crippen LogP contribution in [0.25, 0.3) is 0 Å². The Balaban J connectivity index is 2.38. The summed E-state index contributed by atoms with van der Waals surface area (Å²) in [5.41, 5.74) is 0. The highest BCUT2D eigenvalue weighted by atomic mass is 19.1. The zero-order valence-electron chi connectivity index (χ0n) is 6.32. The van der Waals surface area contributed by atoms with Gasteiger partial charge in [-0.3, -0.25) is 0 Å². The summed E-state index contributed by atoms with van der Waals surface area (Å²) in [5, 5.41) is 0. The Morgan fingerprint density at radius 2 is 2.00 bits per heavy atom. The molecule has 3 unspecified atom stereocenters. The van der Waals surface area contributed by atoms with E-state index in [0.717, 1.165) is 6.42 Å². The molecule has 2 heteroatoms. The molecule has 0 amide bonds. The molecule has 0 aliphatic heterocycles. The molecular formula is C8H14F2. The predicted octanol–water partition coefficient (Wildman–Crippen LogP) is 2.87. The van der Waals surface area contributed by atoms with E-state index in [2.05, 4.69) is 0 Å². The smallest absolute Gasteiger partial charge is 0.103 e. The molecule has 1 aliphatic rings. The number of hydrogen-bond acceptors (Lipinski definition) is 0. The molecule has 0 saturated heterocycles. The Morgan fingerprint density at radius 3 is 2.50 bits per heavy atom. The largest absolute Gasteiger partial charge is 0.247 e. The molecule has 1 saturated carbocycles. The van der Waals surface area contributed by atoms with Gasteiger partial charge >= 0.3 is 0 Å². The van der Waals surface area contributed by atoms with E-state index in [4.69, 9.17) is 0 Å². The Kier molecular flexibility index (Phi) is 2.64. The molecule has 1 rings (SSSR count). The highest BCUT2D eigenvalue weighted by molar-refractivity contribution is 4.78. The summed E-state index contributed by atoms with van der Waals surface area (Å²) in [4.78, 5) is 0. The van der Waals surface area contributed by atoms with E-state index in [1.54, 1.807) is 0 Å². The van der Waals surface area contributed by atoms with E-state index >= 15 is 0 Å². The van der Waals surface area contributed by atoms with Crippen molar-refractivity contribution in [2.45, 2.75) is 45.0 Å². The predicted molar refractivity (Wildman–Crippen MR) is 37.4 cm³/mol. The van der Waals surface area contributed by atoms with Crippen molar-refractivity contribution in [1.29, 1.82) is 0 Å². The van der Waals surface area contributed by atoms with Crippen molar-refractivity contribution in [2.24, 2.45) is 5.92 Å².